The van der Waals surface area contributed by atoms with E-state index in [2.05, 4.69) is 0 Å². The van der Waals surface area contributed by atoms with Gasteiger partial charge in [0.15, 0.2) is 0 Å². The van der Waals surface area contributed by atoms with Crippen molar-refractivity contribution in [3.05, 3.63) is 40.2 Å². The van der Waals surface area contributed by atoms with Crippen LogP contribution in [0.1, 0.15) is 24.8 Å². The normalized spacial score (nSPS) is 37.2. The van der Waals surface area contributed by atoms with Crippen molar-refractivity contribution in [1.29, 1.82) is 0 Å². The zero-order chi connectivity index (χ0) is 17.7. The fourth-order valence-electron chi connectivity index (χ4n) is 6.25. The van der Waals surface area contributed by atoms with Gasteiger partial charge in [-0.3, -0.25) is 9.59 Å². The molecule has 4 aliphatic carbocycles. The van der Waals surface area contributed by atoms with Crippen LogP contribution in [0.15, 0.2) is 33.5 Å². The van der Waals surface area contributed by atoms with Crippen molar-refractivity contribution >= 4 is 28.5 Å². The summed E-state index contributed by atoms with van der Waals surface area (Å²) >= 11 is 0. The summed E-state index contributed by atoms with van der Waals surface area (Å²) in [5.74, 6) is 1.75. The molecule has 6 atom stereocenters. The first-order valence-corrected chi connectivity index (χ1v) is 9.47. The van der Waals surface area contributed by atoms with E-state index in [1.54, 1.807) is 12.1 Å². The first kappa shape index (κ1) is 14.7. The Bertz CT molecular complexity index is 1020. The molecule has 5 nitrogen and oxygen atoms in total. The summed E-state index contributed by atoms with van der Waals surface area (Å²) in [5.41, 5.74) is 1.37. The summed E-state index contributed by atoms with van der Waals surface area (Å²) in [6.45, 7) is 1.85. The lowest BCUT2D eigenvalue weighted by molar-refractivity contribution is -0.129. The van der Waals surface area contributed by atoms with E-state index < -0.39 is 5.63 Å². The minimum Gasteiger partial charge on any atom is -0.423 e. The van der Waals surface area contributed by atoms with Gasteiger partial charge >= 0.3 is 5.63 Å². The van der Waals surface area contributed by atoms with Crippen LogP contribution in [0.3, 0.4) is 0 Å². The number of benzene rings is 1. The minimum atomic E-state index is -0.418. The average Bonchev–Trinajstić information content (AvgIpc) is 3.38. The number of carbonyl (C=O) groups is 2. The third kappa shape index (κ3) is 1.69. The van der Waals surface area contributed by atoms with Gasteiger partial charge in [-0.05, 0) is 67.6 Å². The fourth-order valence-corrected chi connectivity index (χ4v) is 6.25. The first-order chi connectivity index (χ1) is 12.5. The predicted octanol–water partition coefficient (Wildman–Crippen LogP) is 2.88. The second-order valence-corrected chi connectivity index (χ2v) is 8.46. The second kappa shape index (κ2) is 4.64. The molecule has 5 aliphatic rings. The zero-order valence-corrected chi connectivity index (χ0v) is 14.5. The molecule has 0 radical (unpaired) electrons. The fraction of sp³-hybridized carbons (Fsp3) is 0.476. The van der Waals surface area contributed by atoms with Crippen molar-refractivity contribution in [3.63, 3.8) is 0 Å². The van der Waals surface area contributed by atoms with Crippen LogP contribution < -0.4 is 10.5 Å². The van der Waals surface area contributed by atoms with Crippen LogP contribution in [0.25, 0.3) is 11.0 Å². The number of hydrogen-bond acceptors (Lipinski definition) is 4. The predicted molar refractivity (Wildman–Crippen MR) is 94.5 cm³/mol. The Hall–Kier alpha value is -2.43. The number of rotatable bonds is 1. The number of anilines is 1. The van der Waals surface area contributed by atoms with Crippen LogP contribution in [0.5, 0.6) is 0 Å². The molecule has 0 N–H and O–H groups in total. The molecule has 5 heteroatoms. The van der Waals surface area contributed by atoms with Crippen LogP contribution in [0.2, 0.25) is 0 Å². The van der Waals surface area contributed by atoms with E-state index in [-0.39, 0.29) is 23.7 Å². The van der Waals surface area contributed by atoms with E-state index >= 15 is 0 Å². The van der Waals surface area contributed by atoms with Gasteiger partial charge in [-0.2, -0.15) is 0 Å². The Balaban J connectivity index is 1.46. The summed E-state index contributed by atoms with van der Waals surface area (Å²) in [4.78, 5) is 39.4. The Labute approximate surface area is 150 Å². The number of fused-ring (bicyclic) bond motifs is 2. The van der Waals surface area contributed by atoms with Crippen molar-refractivity contribution < 1.29 is 14.0 Å². The highest BCUT2D eigenvalue weighted by Crippen LogP contribution is 2.68. The quantitative estimate of drug-likeness (QED) is 0.586. The van der Waals surface area contributed by atoms with Gasteiger partial charge < -0.3 is 4.42 Å². The van der Waals surface area contributed by atoms with Crippen LogP contribution in [-0.4, -0.2) is 11.8 Å². The van der Waals surface area contributed by atoms with Gasteiger partial charge in [0, 0.05) is 17.5 Å². The molecule has 1 aromatic carbocycles. The summed E-state index contributed by atoms with van der Waals surface area (Å²) in [5, 5.41) is 0.825. The Morgan fingerprint density at radius 1 is 0.923 bits per heavy atom. The van der Waals surface area contributed by atoms with Crippen LogP contribution in [-0.2, 0) is 9.59 Å². The summed E-state index contributed by atoms with van der Waals surface area (Å²) < 4.78 is 5.31. The highest BCUT2D eigenvalue weighted by atomic mass is 16.4. The van der Waals surface area contributed by atoms with E-state index in [0.717, 1.165) is 23.8 Å². The van der Waals surface area contributed by atoms with Gasteiger partial charge in [-0.1, -0.05) is 0 Å². The maximum Gasteiger partial charge on any atom is 0.336 e. The Kier molecular flexibility index (Phi) is 2.63. The highest BCUT2D eigenvalue weighted by molar-refractivity contribution is 6.22. The standard InChI is InChI=1S/C21H19NO4/c1-9-6-17(23)26-16-7-10(2-3-11(9)16)22-20(24)18-12-4-5-13(15-8-14(12)15)19(18)21(22)25/h2-3,6-7,12-15,18-19H,4-5,8H2,1H3/t12-,13+,14-,15+,18-,19+. The number of hydrogen-bond donors (Lipinski definition) is 0. The number of aryl methyl sites for hydroxylation is 1. The summed E-state index contributed by atoms with van der Waals surface area (Å²) in [6, 6.07) is 6.74. The van der Waals surface area contributed by atoms with Crippen LogP contribution in [0.4, 0.5) is 5.69 Å². The number of nitrogens with zero attached hydrogens (tertiary/aromatic N) is 1. The van der Waals surface area contributed by atoms with Crippen LogP contribution in [0, 0.1) is 42.4 Å². The van der Waals surface area contributed by atoms with Gasteiger partial charge in [0.2, 0.25) is 11.8 Å². The van der Waals surface area contributed by atoms with Gasteiger partial charge in [0.25, 0.3) is 0 Å². The van der Waals surface area contributed by atoms with E-state index in [0.29, 0.717) is 34.9 Å². The molecular weight excluding hydrogens is 330 g/mol. The van der Waals surface area contributed by atoms with E-state index in [1.165, 1.54) is 17.4 Å². The molecule has 7 rings (SSSR count). The van der Waals surface area contributed by atoms with E-state index in [4.69, 9.17) is 4.42 Å². The third-order valence-electron chi connectivity index (χ3n) is 7.34. The lowest BCUT2D eigenvalue weighted by Crippen LogP contribution is -2.43. The van der Waals surface area contributed by atoms with Crippen molar-refractivity contribution in [2.24, 2.45) is 35.5 Å². The smallest absolute Gasteiger partial charge is 0.336 e. The zero-order valence-electron chi connectivity index (χ0n) is 14.5. The maximum absolute atomic E-state index is 13.2. The molecule has 26 heavy (non-hydrogen) atoms. The van der Waals surface area contributed by atoms with E-state index in [9.17, 15) is 14.4 Å². The molecule has 1 saturated heterocycles. The van der Waals surface area contributed by atoms with Gasteiger partial charge in [-0.15, -0.1) is 0 Å². The monoisotopic (exact) mass is 349 g/mol. The van der Waals surface area contributed by atoms with Crippen molar-refractivity contribution in [2.45, 2.75) is 26.2 Å². The molecular formula is C21H19NO4. The highest BCUT2D eigenvalue weighted by Gasteiger charge is 2.68. The molecule has 2 aromatic rings. The molecule has 2 amide bonds. The largest absolute Gasteiger partial charge is 0.423 e. The Morgan fingerprint density at radius 3 is 2.23 bits per heavy atom. The molecule has 1 aromatic heterocycles. The van der Waals surface area contributed by atoms with Crippen LogP contribution >= 0.6 is 0 Å². The number of carbonyl (C=O) groups excluding carboxylic acids is 2. The molecule has 5 fully saturated rings. The average molecular weight is 349 g/mol. The third-order valence-corrected chi connectivity index (χ3v) is 7.34. The van der Waals surface area contributed by atoms with Crippen molar-refractivity contribution in [1.82, 2.24) is 0 Å². The van der Waals surface area contributed by atoms with Crippen molar-refractivity contribution in [2.75, 3.05) is 4.90 Å². The van der Waals surface area contributed by atoms with Crippen molar-refractivity contribution in [3.8, 4) is 0 Å². The summed E-state index contributed by atoms with van der Waals surface area (Å²) in [6.07, 6.45) is 3.39. The summed E-state index contributed by atoms with van der Waals surface area (Å²) in [7, 11) is 0. The number of amides is 2. The van der Waals surface area contributed by atoms with Gasteiger partial charge in [0.1, 0.15) is 5.58 Å². The topological polar surface area (TPSA) is 67.6 Å². The van der Waals surface area contributed by atoms with Gasteiger partial charge in [0.05, 0.1) is 17.5 Å². The maximum atomic E-state index is 13.2. The lowest BCUT2D eigenvalue weighted by Gasteiger charge is -2.42. The minimum absolute atomic E-state index is 0.0469. The van der Waals surface area contributed by atoms with Gasteiger partial charge in [-0.25, -0.2) is 9.69 Å². The SMILES string of the molecule is Cc1cc(=O)oc2cc(N3C(=O)[C@@H]4[C@@H]5CC[C@@H]([C@@H]6C[C@@H]65)[C@@H]4C3=O)ccc12. The molecule has 2 heterocycles. The molecule has 1 aliphatic heterocycles. The number of imide groups is 1. The molecule has 132 valence electrons. The molecule has 0 spiro atoms. The van der Waals surface area contributed by atoms with E-state index in [1.807, 2.05) is 13.0 Å². The first-order valence-electron chi connectivity index (χ1n) is 9.47. The molecule has 2 bridgehead atoms. The Morgan fingerprint density at radius 2 is 1.58 bits per heavy atom. The second-order valence-electron chi connectivity index (χ2n) is 8.46. The molecule has 0 unspecified atom stereocenters. The lowest BCUT2D eigenvalue weighted by atomic mass is 9.59. The molecule has 4 saturated carbocycles.